The summed E-state index contributed by atoms with van der Waals surface area (Å²) in [6, 6.07) is 15.3. The fourth-order valence-electron chi connectivity index (χ4n) is 2.98. The van der Waals surface area contributed by atoms with Crippen LogP contribution in [-0.2, 0) is 5.75 Å². The molecule has 0 saturated heterocycles. The average Bonchev–Trinajstić information content (AvgIpc) is 3.12. The van der Waals surface area contributed by atoms with Gasteiger partial charge in [-0.05, 0) is 37.3 Å². The molecule has 0 spiro atoms. The number of ether oxygens (including phenoxy) is 1. The summed E-state index contributed by atoms with van der Waals surface area (Å²) in [5, 5.41) is 6.89. The zero-order chi connectivity index (χ0) is 18.6. The van der Waals surface area contributed by atoms with Crippen molar-refractivity contribution in [2.24, 2.45) is 0 Å². The molecule has 3 aromatic rings. The van der Waals surface area contributed by atoms with E-state index in [-0.39, 0.29) is 11.9 Å². The van der Waals surface area contributed by atoms with Crippen molar-refractivity contribution in [2.75, 3.05) is 6.61 Å². The Morgan fingerprint density at radius 1 is 1.22 bits per heavy atom. The van der Waals surface area contributed by atoms with Crippen molar-refractivity contribution >= 4 is 17.7 Å². The number of hydrogen-bond acceptors (Lipinski definition) is 6. The Balaban J connectivity index is 1.38. The highest BCUT2D eigenvalue weighted by Crippen LogP contribution is 2.31. The number of hydrogen-bond donors (Lipinski definition) is 1. The molecule has 0 saturated carbocycles. The van der Waals surface area contributed by atoms with Crippen molar-refractivity contribution in [3.63, 3.8) is 0 Å². The molecule has 1 N–H and O–H groups in total. The van der Waals surface area contributed by atoms with Gasteiger partial charge in [-0.3, -0.25) is 4.79 Å². The van der Waals surface area contributed by atoms with Crippen LogP contribution in [0, 0.1) is 6.92 Å². The van der Waals surface area contributed by atoms with Crippen LogP contribution in [0.2, 0.25) is 0 Å². The number of amides is 1. The molecular weight excluding hydrogens is 362 g/mol. The predicted octanol–water partition coefficient (Wildman–Crippen LogP) is 3.92. The van der Waals surface area contributed by atoms with Gasteiger partial charge in [0.2, 0.25) is 5.89 Å². The maximum absolute atomic E-state index is 12.6. The van der Waals surface area contributed by atoms with Crippen molar-refractivity contribution in [1.29, 1.82) is 0 Å². The zero-order valence-corrected chi connectivity index (χ0v) is 15.7. The highest BCUT2D eigenvalue weighted by Gasteiger charge is 2.23. The van der Waals surface area contributed by atoms with Gasteiger partial charge in [0.1, 0.15) is 5.75 Å². The van der Waals surface area contributed by atoms with E-state index in [0.29, 0.717) is 29.6 Å². The number of thioether (sulfide) groups is 1. The molecule has 0 fully saturated rings. The Kier molecular flexibility index (Phi) is 5.11. The summed E-state index contributed by atoms with van der Waals surface area (Å²) in [6.07, 6.45) is 0.764. The topological polar surface area (TPSA) is 77.2 Å². The molecule has 1 aliphatic heterocycles. The van der Waals surface area contributed by atoms with E-state index in [1.807, 2.05) is 48.5 Å². The van der Waals surface area contributed by atoms with Crippen LogP contribution in [0.15, 0.2) is 57.9 Å². The van der Waals surface area contributed by atoms with Crippen molar-refractivity contribution in [3.8, 4) is 5.75 Å². The second-order valence-corrected chi connectivity index (χ2v) is 7.30. The summed E-state index contributed by atoms with van der Waals surface area (Å²) in [5.74, 6) is 2.59. The van der Waals surface area contributed by atoms with Gasteiger partial charge < -0.3 is 14.6 Å². The number of carbonyl (C=O) groups is 1. The third kappa shape index (κ3) is 4.14. The minimum Gasteiger partial charge on any atom is -0.493 e. The molecule has 2 heterocycles. The first-order valence-corrected chi connectivity index (χ1v) is 9.72. The molecule has 1 amide bonds. The van der Waals surface area contributed by atoms with E-state index in [1.165, 1.54) is 0 Å². The van der Waals surface area contributed by atoms with Crippen molar-refractivity contribution in [2.45, 2.75) is 30.0 Å². The third-order valence-corrected chi connectivity index (χ3v) is 5.31. The number of para-hydroxylation sites is 1. The van der Waals surface area contributed by atoms with E-state index in [0.717, 1.165) is 22.6 Å². The van der Waals surface area contributed by atoms with Crippen LogP contribution in [0.25, 0.3) is 0 Å². The lowest BCUT2D eigenvalue weighted by molar-refractivity contribution is 0.0924. The van der Waals surface area contributed by atoms with Gasteiger partial charge >= 0.3 is 0 Å². The Morgan fingerprint density at radius 2 is 2.04 bits per heavy atom. The summed E-state index contributed by atoms with van der Waals surface area (Å²) in [6.45, 7) is 2.40. The molecule has 7 heteroatoms. The van der Waals surface area contributed by atoms with E-state index in [4.69, 9.17) is 9.26 Å². The van der Waals surface area contributed by atoms with Crippen LogP contribution in [-0.4, -0.2) is 22.7 Å². The first-order valence-electron chi connectivity index (χ1n) is 8.74. The van der Waals surface area contributed by atoms with Gasteiger partial charge in [-0.15, -0.1) is 11.8 Å². The number of fused-ring (bicyclic) bond motifs is 1. The summed E-state index contributed by atoms with van der Waals surface area (Å²) >= 11 is 1.59. The molecule has 1 aromatic heterocycles. The second-order valence-electron chi connectivity index (χ2n) is 6.25. The lowest BCUT2D eigenvalue weighted by Crippen LogP contribution is -2.32. The first-order chi connectivity index (χ1) is 13.2. The highest BCUT2D eigenvalue weighted by atomic mass is 32.2. The van der Waals surface area contributed by atoms with Gasteiger partial charge in [-0.2, -0.15) is 4.98 Å². The van der Waals surface area contributed by atoms with Crippen molar-refractivity contribution < 1.29 is 14.1 Å². The molecule has 0 radical (unpaired) electrons. The van der Waals surface area contributed by atoms with Crippen LogP contribution in [0.3, 0.4) is 0 Å². The van der Waals surface area contributed by atoms with Crippen molar-refractivity contribution in [3.05, 3.63) is 71.4 Å². The van der Waals surface area contributed by atoms with Crippen molar-refractivity contribution in [1.82, 2.24) is 15.5 Å². The number of aryl methyl sites for hydroxylation is 1. The van der Waals surface area contributed by atoms with E-state index in [9.17, 15) is 4.79 Å². The van der Waals surface area contributed by atoms with E-state index in [1.54, 1.807) is 18.7 Å². The fourth-order valence-corrected chi connectivity index (χ4v) is 3.72. The van der Waals surface area contributed by atoms with E-state index >= 15 is 0 Å². The maximum atomic E-state index is 12.6. The van der Waals surface area contributed by atoms with Gasteiger partial charge in [0.05, 0.1) is 18.4 Å². The van der Waals surface area contributed by atoms with Crippen LogP contribution < -0.4 is 10.1 Å². The van der Waals surface area contributed by atoms with Gasteiger partial charge in [0.15, 0.2) is 5.82 Å². The standard InChI is InChI=1S/C20H19N3O3S/c1-13-21-19(26-23-13)12-27-15-8-6-14(7-9-15)20(24)22-17-10-11-25-18-5-3-2-4-16(17)18/h2-9,17H,10-12H2,1H3,(H,22,24)/t17-/m1/s1. The number of aromatic nitrogens is 2. The smallest absolute Gasteiger partial charge is 0.251 e. The normalized spacial score (nSPS) is 15.7. The zero-order valence-electron chi connectivity index (χ0n) is 14.8. The Bertz CT molecular complexity index is 940. The van der Waals surface area contributed by atoms with Gasteiger partial charge in [0, 0.05) is 22.4 Å². The Labute approximate surface area is 161 Å². The molecule has 27 heavy (non-hydrogen) atoms. The fraction of sp³-hybridized carbons (Fsp3) is 0.250. The molecule has 0 unspecified atom stereocenters. The quantitative estimate of drug-likeness (QED) is 0.675. The largest absolute Gasteiger partial charge is 0.493 e. The number of carbonyl (C=O) groups excluding carboxylic acids is 1. The predicted molar refractivity (Wildman–Crippen MR) is 102 cm³/mol. The molecule has 1 atom stereocenters. The summed E-state index contributed by atoms with van der Waals surface area (Å²) in [7, 11) is 0. The molecule has 1 aliphatic rings. The Morgan fingerprint density at radius 3 is 2.81 bits per heavy atom. The van der Waals surface area contributed by atoms with Crippen LogP contribution >= 0.6 is 11.8 Å². The molecule has 138 valence electrons. The average molecular weight is 381 g/mol. The number of nitrogens with one attached hydrogen (secondary N) is 1. The Hall–Kier alpha value is -2.80. The number of benzene rings is 2. The molecule has 6 nitrogen and oxygen atoms in total. The lowest BCUT2D eigenvalue weighted by Gasteiger charge is -2.26. The monoisotopic (exact) mass is 381 g/mol. The van der Waals surface area contributed by atoms with Gasteiger partial charge in [-0.1, -0.05) is 23.4 Å². The van der Waals surface area contributed by atoms with Gasteiger partial charge in [0.25, 0.3) is 5.91 Å². The van der Waals surface area contributed by atoms with Gasteiger partial charge in [-0.25, -0.2) is 0 Å². The maximum Gasteiger partial charge on any atom is 0.251 e. The molecule has 4 rings (SSSR count). The van der Waals surface area contributed by atoms with E-state index in [2.05, 4.69) is 15.5 Å². The van der Waals surface area contributed by atoms with Crippen LogP contribution in [0.4, 0.5) is 0 Å². The molecular formula is C20H19N3O3S. The van der Waals surface area contributed by atoms with E-state index < -0.39 is 0 Å². The minimum absolute atomic E-state index is 0.0303. The number of rotatable bonds is 5. The highest BCUT2D eigenvalue weighted by molar-refractivity contribution is 7.98. The first kappa shape index (κ1) is 17.6. The van der Waals surface area contributed by atoms with Crippen LogP contribution in [0.1, 0.15) is 40.1 Å². The molecule has 0 aliphatic carbocycles. The number of nitrogens with zero attached hydrogens (tertiary/aromatic N) is 2. The van der Waals surface area contributed by atoms with Crippen LogP contribution in [0.5, 0.6) is 5.75 Å². The third-order valence-electron chi connectivity index (χ3n) is 4.31. The summed E-state index contributed by atoms with van der Waals surface area (Å²) < 4.78 is 10.8. The summed E-state index contributed by atoms with van der Waals surface area (Å²) in [5.41, 5.74) is 1.66. The lowest BCUT2D eigenvalue weighted by atomic mass is 10.00. The minimum atomic E-state index is -0.0826. The molecule has 2 aromatic carbocycles. The SMILES string of the molecule is Cc1noc(CSc2ccc(C(=O)N[C@@H]3CCOc4ccccc43)cc2)n1. The molecule has 0 bridgehead atoms. The second kappa shape index (κ2) is 7.84. The summed E-state index contributed by atoms with van der Waals surface area (Å²) in [4.78, 5) is 17.8.